The van der Waals surface area contributed by atoms with Crippen molar-refractivity contribution in [3.05, 3.63) is 63.1 Å². The number of ether oxygens (including phenoxy) is 2. The van der Waals surface area contributed by atoms with Crippen LogP contribution in [-0.2, 0) is 9.59 Å². The molecule has 1 aliphatic heterocycles. The molecule has 0 radical (unpaired) electrons. The van der Waals surface area contributed by atoms with Gasteiger partial charge in [-0.1, -0.05) is 48.2 Å². The second-order valence-electron chi connectivity index (χ2n) is 8.12. The van der Waals surface area contributed by atoms with E-state index in [0.29, 0.717) is 17.9 Å². The molecule has 1 saturated carbocycles. The molecule has 1 aliphatic carbocycles. The van der Waals surface area contributed by atoms with E-state index in [0.717, 1.165) is 25.7 Å². The lowest BCUT2D eigenvalue weighted by Crippen LogP contribution is -2.37. The van der Waals surface area contributed by atoms with Gasteiger partial charge in [0.05, 0.1) is 35.4 Å². The summed E-state index contributed by atoms with van der Waals surface area (Å²) in [6, 6.07) is 9.40. The number of aliphatic hydroxyl groups is 1. The molecule has 2 aromatic rings. The van der Waals surface area contributed by atoms with Crippen molar-refractivity contribution in [1.29, 1.82) is 0 Å². The average Bonchev–Trinajstić information content (AvgIpc) is 3.40. The summed E-state index contributed by atoms with van der Waals surface area (Å²) in [5, 5.41) is 11.6. The first-order chi connectivity index (χ1) is 15.9. The Morgan fingerprint density at radius 3 is 2.39 bits per heavy atom. The Balaban J connectivity index is 1.90. The molecule has 174 valence electrons. The summed E-state index contributed by atoms with van der Waals surface area (Å²) < 4.78 is 10.8. The molecule has 1 saturated heterocycles. The van der Waals surface area contributed by atoms with Crippen LogP contribution < -0.4 is 9.47 Å². The van der Waals surface area contributed by atoms with Gasteiger partial charge in [0.25, 0.3) is 11.7 Å². The maximum Gasteiger partial charge on any atom is 0.295 e. The zero-order chi connectivity index (χ0) is 23.7. The van der Waals surface area contributed by atoms with Crippen molar-refractivity contribution in [2.24, 2.45) is 0 Å². The predicted molar refractivity (Wildman–Crippen MR) is 127 cm³/mol. The summed E-state index contributed by atoms with van der Waals surface area (Å²) in [4.78, 5) is 28.1. The SMILES string of the molecule is CCOc1cccc(C2/C(=C(\O)c3cc(Cl)c(OC)c(Cl)c3)C(=O)C(=O)N2C2CCCC2)c1. The minimum Gasteiger partial charge on any atom is -0.507 e. The number of amides is 1. The van der Waals surface area contributed by atoms with Gasteiger partial charge in [-0.15, -0.1) is 0 Å². The summed E-state index contributed by atoms with van der Waals surface area (Å²) in [5.74, 6) is -0.771. The third-order valence-electron chi connectivity index (χ3n) is 6.16. The van der Waals surface area contributed by atoms with Gasteiger partial charge in [0.2, 0.25) is 0 Å². The van der Waals surface area contributed by atoms with E-state index in [1.54, 1.807) is 4.90 Å². The summed E-state index contributed by atoms with van der Waals surface area (Å²) in [6.07, 6.45) is 3.61. The number of hydrogen-bond acceptors (Lipinski definition) is 5. The van der Waals surface area contributed by atoms with Crippen molar-refractivity contribution >= 4 is 40.7 Å². The topological polar surface area (TPSA) is 76.1 Å². The van der Waals surface area contributed by atoms with E-state index in [9.17, 15) is 14.7 Å². The number of aliphatic hydroxyl groups excluding tert-OH is 1. The highest BCUT2D eigenvalue weighted by atomic mass is 35.5. The van der Waals surface area contributed by atoms with E-state index in [2.05, 4.69) is 0 Å². The smallest absolute Gasteiger partial charge is 0.295 e. The fourth-order valence-electron chi connectivity index (χ4n) is 4.72. The molecule has 4 rings (SSSR count). The maximum atomic E-state index is 13.2. The van der Waals surface area contributed by atoms with Gasteiger partial charge in [-0.2, -0.15) is 0 Å². The number of carbonyl (C=O) groups is 2. The third-order valence-corrected chi connectivity index (χ3v) is 6.72. The molecule has 2 fully saturated rings. The number of Topliss-reactive ketones (excluding diaryl/α,β-unsaturated/α-hetero) is 1. The zero-order valence-electron chi connectivity index (χ0n) is 18.4. The summed E-state index contributed by atoms with van der Waals surface area (Å²) in [5.41, 5.74) is 0.943. The lowest BCUT2D eigenvalue weighted by atomic mass is 9.94. The largest absolute Gasteiger partial charge is 0.507 e. The van der Waals surface area contributed by atoms with Gasteiger partial charge in [-0.3, -0.25) is 9.59 Å². The summed E-state index contributed by atoms with van der Waals surface area (Å²) in [7, 11) is 1.44. The molecule has 8 heteroatoms. The molecule has 1 unspecified atom stereocenters. The van der Waals surface area contributed by atoms with E-state index >= 15 is 0 Å². The highest BCUT2D eigenvalue weighted by Gasteiger charge is 2.49. The van der Waals surface area contributed by atoms with Gasteiger partial charge in [0.15, 0.2) is 5.75 Å². The van der Waals surface area contributed by atoms with Gasteiger partial charge < -0.3 is 19.5 Å². The normalized spacial score (nSPS) is 20.5. The highest BCUT2D eigenvalue weighted by Crippen LogP contribution is 2.45. The van der Waals surface area contributed by atoms with Gasteiger partial charge >= 0.3 is 0 Å². The Morgan fingerprint density at radius 1 is 1.12 bits per heavy atom. The predicted octanol–water partition coefficient (Wildman–Crippen LogP) is 5.77. The van der Waals surface area contributed by atoms with Crippen LogP contribution in [0.1, 0.15) is 49.8 Å². The molecule has 2 aromatic carbocycles. The number of nitrogens with zero attached hydrogens (tertiary/aromatic N) is 1. The molecule has 1 amide bonds. The van der Waals surface area contributed by atoms with Crippen molar-refractivity contribution in [3.8, 4) is 11.5 Å². The molecule has 1 N–H and O–H groups in total. The van der Waals surface area contributed by atoms with Crippen LogP contribution in [0.4, 0.5) is 0 Å². The minimum atomic E-state index is -0.742. The number of benzene rings is 2. The van der Waals surface area contributed by atoms with Crippen LogP contribution in [0, 0.1) is 0 Å². The van der Waals surface area contributed by atoms with Crippen molar-refractivity contribution in [2.75, 3.05) is 13.7 Å². The average molecular weight is 490 g/mol. The van der Waals surface area contributed by atoms with Gasteiger partial charge in [0, 0.05) is 11.6 Å². The highest BCUT2D eigenvalue weighted by molar-refractivity contribution is 6.47. The molecule has 1 atom stereocenters. The third kappa shape index (κ3) is 4.30. The molecular weight excluding hydrogens is 465 g/mol. The molecular formula is C25H25Cl2NO5. The number of halogens is 2. The first-order valence-corrected chi connectivity index (χ1v) is 11.7. The number of methoxy groups -OCH3 is 1. The number of hydrogen-bond donors (Lipinski definition) is 1. The number of likely N-dealkylation sites (tertiary alicyclic amines) is 1. The van der Waals surface area contributed by atoms with Crippen LogP contribution in [0.15, 0.2) is 42.0 Å². The van der Waals surface area contributed by atoms with Crippen LogP contribution in [0.2, 0.25) is 10.0 Å². The van der Waals surface area contributed by atoms with Gasteiger partial charge in [0.1, 0.15) is 11.5 Å². The maximum absolute atomic E-state index is 13.2. The molecule has 6 nitrogen and oxygen atoms in total. The van der Waals surface area contributed by atoms with Crippen LogP contribution in [-0.4, -0.2) is 41.5 Å². The van der Waals surface area contributed by atoms with E-state index in [1.165, 1.54) is 19.2 Å². The zero-order valence-corrected chi connectivity index (χ0v) is 19.9. The Bertz CT molecular complexity index is 1100. The quantitative estimate of drug-likeness (QED) is 0.316. The Morgan fingerprint density at radius 2 is 1.79 bits per heavy atom. The molecule has 2 aliphatic rings. The van der Waals surface area contributed by atoms with Crippen LogP contribution in [0.5, 0.6) is 11.5 Å². The Kier molecular flexibility index (Phi) is 6.86. The Hall–Kier alpha value is -2.70. The number of carbonyl (C=O) groups excluding carboxylic acids is 2. The monoisotopic (exact) mass is 489 g/mol. The van der Waals surface area contributed by atoms with Gasteiger partial charge in [-0.25, -0.2) is 0 Å². The summed E-state index contributed by atoms with van der Waals surface area (Å²) in [6.45, 7) is 2.36. The fourth-order valence-corrected chi connectivity index (χ4v) is 5.37. The van der Waals surface area contributed by atoms with Crippen LogP contribution in [0.25, 0.3) is 5.76 Å². The van der Waals surface area contributed by atoms with Crippen molar-refractivity contribution in [1.82, 2.24) is 4.90 Å². The number of rotatable bonds is 6. The second kappa shape index (κ2) is 9.65. The molecule has 0 aromatic heterocycles. The standard InChI is InChI=1S/C25H25Cl2NO5/c1-3-33-17-10-6-7-14(11-17)21-20(23(30)25(31)28(21)16-8-4-5-9-16)22(29)15-12-18(26)24(32-2)19(27)13-15/h6-7,10-13,16,21,29H,3-5,8-9H2,1-2H3/b22-20+. The van der Waals surface area contributed by atoms with Gasteiger partial charge in [-0.05, 0) is 49.6 Å². The molecule has 33 heavy (non-hydrogen) atoms. The first-order valence-electron chi connectivity index (χ1n) is 10.9. The Labute approximate surface area is 202 Å². The summed E-state index contributed by atoms with van der Waals surface area (Å²) >= 11 is 12.5. The van der Waals surface area contributed by atoms with E-state index < -0.39 is 17.7 Å². The minimum absolute atomic E-state index is 0.0119. The molecule has 0 bridgehead atoms. The van der Waals surface area contributed by atoms with Crippen LogP contribution in [0.3, 0.4) is 0 Å². The lowest BCUT2D eigenvalue weighted by molar-refractivity contribution is -0.141. The lowest BCUT2D eigenvalue weighted by Gasteiger charge is -2.31. The molecule has 1 heterocycles. The number of ketones is 1. The van der Waals surface area contributed by atoms with E-state index in [4.69, 9.17) is 32.7 Å². The molecule has 0 spiro atoms. The van der Waals surface area contributed by atoms with E-state index in [-0.39, 0.29) is 38.7 Å². The van der Waals surface area contributed by atoms with E-state index in [1.807, 2.05) is 31.2 Å². The van der Waals surface area contributed by atoms with Crippen molar-refractivity contribution in [3.63, 3.8) is 0 Å². The van der Waals surface area contributed by atoms with Crippen molar-refractivity contribution < 1.29 is 24.2 Å². The second-order valence-corrected chi connectivity index (χ2v) is 8.94. The van der Waals surface area contributed by atoms with Crippen molar-refractivity contribution in [2.45, 2.75) is 44.7 Å². The van der Waals surface area contributed by atoms with Crippen LogP contribution >= 0.6 is 23.2 Å². The first kappa shape index (κ1) is 23.5. The fraction of sp³-hybridized carbons (Fsp3) is 0.360.